The average Bonchev–Trinajstić information content (AvgIpc) is 3.32. The predicted molar refractivity (Wildman–Crippen MR) is 125 cm³/mol. The number of carbonyl (C=O) groups is 2. The molecule has 0 unspecified atom stereocenters. The van der Waals surface area contributed by atoms with E-state index in [1.807, 2.05) is 18.2 Å². The number of hydrogen-bond donors (Lipinski definition) is 0. The van der Waals surface area contributed by atoms with E-state index in [1.54, 1.807) is 30.9 Å². The number of rotatable bonds is 4. The zero-order valence-corrected chi connectivity index (χ0v) is 20.0. The van der Waals surface area contributed by atoms with E-state index in [2.05, 4.69) is 4.90 Å². The third kappa shape index (κ3) is 4.12. The highest BCUT2D eigenvalue weighted by molar-refractivity contribution is 7.94. The van der Waals surface area contributed by atoms with Crippen LogP contribution in [0.5, 0.6) is 11.5 Å². The Balaban J connectivity index is 1.20. The van der Waals surface area contributed by atoms with Crippen LogP contribution in [0.15, 0.2) is 42.5 Å². The Hall–Kier alpha value is -3.11. The van der Waals surface area contributed by atoms with E-state index in [4.69, 9.17) is 9.47 Å². The quantitative estimate of drug-likeness (QED) is 0.654. The molecule has 0 radical (unpaired) electrons. The molecule has 3 aliphatic heterocycles. The Labute approximate surface area is 198 Å². The van der Waals surface area contributed by atoms with Gasteiger partial charge in [0.1, 0.15) is 0 Å². The van der Waals surface area contributed by atoms with Crippen molar-refractivity contribution in [2.45, 2.75) is 20.4 Å². The fourth-order valence-electron chi connectivity index (χ4n) is 4.59. The lowest BCUT2D eigenvalue weighted by molar-refractivity contribution is -0.123. The van der Waals surface area contributed by atoms with Gasteiger partial charge in [-0.2, -0.15) is 0 Å². The van der Waals surface area contributed by atoms with Crippen LogP contribution >= 0.6 is 0 Å². The first-order chi connectivity index (χ1) is 16.1. The maximum Gasteiger partial charge on any atom is 0.253 e. The van der Waals surface area contributed by atoms with Crippen LogP contribution in [0.3, 0.4) is 0 Å². The predicted octanol–water partition coefficient (Wildman–Crippen LogP) is 2.08. The van der Waals surface area contributed by atoms with Crippen molar-refractivity contribution in [1.82, 2.24) is 9.80 Å². The first kappa shape index (κ1) is 22.7. The Bertz CT molecular complexity index is 1230. The first-order valence-electron chi connectivity index (χ1n) is 11.2. The second-order valence-electron chi connectivity index (χ2n) is 9.51. The summed E-state index contributed by atoms with van der Waals surface area (Å²) < 4.78 is 36.6. The maximum atomic E-state index is 13.0. The summed E-state index contributed by atoms with van der Waals surface area (Å²) in [5.41, 5.74) is 0.902. The molecule has 0 N–H and O–H groups in total. The molecule has 2 saturated heterocycles. The van der Waals surface area contributed by atoms with Gasteiger partial charge < -0.3 is 14.4 Å². The second-order valence-corrected chi connectivity index (χ2v) is 11.3. The van der Waals surface area contributed by atoms with Gasteiger partial charge in [-0.1, -0.05) is 6.07 Å². The highest BCUT2D eigenvalue weighted by Gasteiger charge is 2.49. The molecular formula is C24H27N3O6S. The number of amides is 2. The molecule has 180 valence electrons. The molecular weight excluding hydrogens is 458 g/mol. The van der Waals surface area contributed by atoms with Gasteiger partial charge in [-0.3, -0.25) is 14.5 Å². The Morgan fingerprint density at radius 3 is 2.29 bits per heavy atom. The highest BCUT2D eigenvalue weighted by atomic mass is 32.2. The highest BCUT2D eigenvalue weighted by Crippen LogP contribution is 2.36. The van der Waals surface area contributed by atoms with Crippen LogP contribution in [-0.4, -0.2) is 68.8 Å². The number of hydrogen-bond acceptors (Lipinski definition) is 7. The molecule has 0 saturated carbocycles. The summed E-state index contributed by atoms with van der Waals surface area (Å²) in [7, 11) is -3.72. The number of ether oxygens (including phenoxy) is 2. The van der Waals surface area contributed by atoms with E-state index in [1.165, 1.54) is 12.1 Å². The fraction of sp³-hybridized carbons (Fsp3) is 0.417. The Morgan fingerprint density at radius 2 is 1.65 bits per heavy atom. The van der Waals surface area contributed by atoms with Gasteiger partial charge in [0, 0.05) is 38.3 Å². The van der Waals surface area contributed by atoms with Crippen molar-refractivity contribution in [3.05, 3.63) is 53.6 Å². The van der Waals surface area contributed by atoms with E-state index in [0.717, 1.165) is 41.0 Å². The molecule has 0 aliphatic carbocycles. The van der Waals surface area contributed by atoms with Crippen molar-refractivity contribution in [3.63, 3.8) is 0 Å². The molecule has 5 rings (SSSR count). The number of benzene rings is 2. The van der Waals surface area contributed by atoms with Crippen molar-refractivity contribution in [2.24, 2.45) is 5.41 Å². The fourth-order valence-corrected chi connectivity index (χ4v) is 6.70. The Morgan fingerprint density at radius 1 is 0.971 bits per heavy atom. The SMILES string of the molecule is CC1(C)CS(=O)(=O)N(c2ccc(C(=O)N3CCN(Cc4ccc5c(c4)OCO5)CC3)cc2)C1=O. The molecule has 2 aromatic rings. The molecule has 2 aromatic carbocycles. The Kier molecular flexibility index (Phi) is 5.52. The maximum absolute atomic E-state index is 13.0. The molecule has 34 heavy (non-hydrogen) atoms. The molecule has 3 heterocycles. The molecule has 10 heteroatoms. The van der Waals surface area contributed by atoms with Crippen LogP contribution in [0.2, 0.25) is 0 Å². The summed E-state index contributed by atoms with van der Waals surface area (Å²) in [5, 5.41) is 0. The van der Waals surface area contributed by atoms with E-state index in [0.29, 0.717) is 18.7 Å². The average molecular weight is 486 g/mol. The van der Waals surface area contributed by atoms with Crippen LogP contribution in [-0.2, 0) is 21.4 Å². The zero-order valence-electron chi connectivity index (χ0n) is 19.2. The van der Waals surface area contributed by atoms with E-state index < -0.39 is 21.3 Å². The summed E-state index contributed by atoms with van der Waals surface area (Å²) in [4.78, 5) is 29.7. The molecule has 0 aromatic heterocycles. The van der Waals surface area contributed by atoms with Gasteiger partial charge in [-0.15, -0.1) is 0 Å². The number of fused-ring (bicyclic) bond motifs is 1. The van der Waals surface area contributed by atoms with Gasteiger partial charge in [0.25, 0.3) is 5.91 Å². The second kappa shape index (κ2) is 8.28. The normalized spacial score (nSPS) is 21.2. The first-order valence-corrected chi connectivity index (χ1v) is 12.8. The summed E-state index contributed by atoms with van der Waals surface area (Å²) in [6.07, 6.45) is 0. The molecule has 0 spiro atoms. The van der Waals surface area contributed by atoms with Crippen molar-refractivity contribution in [3.8, 4) is 11.5 Å². The van der Waals surface area contributed by atoms with Crippen LogP contribution in [0.1, 0.15) is 29.8 Å². The third-order valence-corrected chi connectivity index (χ3v) is 8.46. The van der Waals surface area contributed by atoms with E-state index >= 15 is 0 Å². The summed E-state index contributed by atoms with van der Waals surface area (Å²) in [6, 6.07) is 12.2. The van der Waals surface area contributed by atoms with Gasteiger partial charge in [0.2, 0.25) is 22.7 Å². The number of nitrogens with zero attached hydrogens (tertiary/aromatic N) is 3. The lowest BCUT2D eigenvalue weighted by Crippen LogP contribution is -2.48. The monoisotopic (exact) mass is 485 g/mol. The summed E-state index contributed by atoms with van der Waals surface area (Å²) >= 11 is 0. The largest absolute Gasteiger partial charge is 0.454 e. The molecule has 3 aliphatic rings. The van der Waals surface area contributed by atoms with Crippen molar-refractivity contribution in [2.75, 3.05) is 43.0 Å². The standard InChI is InChI=1S/C24H27N3O6S/c1-24(2)15-34(30,31)27(23(24)29)19-6-4-18(5-7-19)22(28)26-11-9-25(10-12-26)14-17-3-8-20-21(13-17)33-16-32-20/h3-8,13H,9-12,14-16H2,1-2H3. The van der Waals surface area contributed by atoms with Crippen molar-refractivity contribution in [1.29, 1.82) is 0 Å². The molecule has 0 atom stereocenters. The minimum absolute atomic E-state index is 0.106. The third-order valence-electron chi connectivity index (χ3n) is 6.44. The minimum Gasteiger partial charge on any atom is -0.454 e. The lowest BCUT2D eigenvalue weighted by Gasteiger charge is -2.34. The smallest absolute Gasteiger partial charge is 0.253 e. The van der Waals surface area contributed by atoms with E-state index in [9.17, 15) is 18.0 Å². The van der Waals surface area contributed by atoms with Crippen LogP contribution in [0.4, 0.5) is 5.69 Å². The topological polar surface area (TPSA) is 96.5 Å². The number of carbonyl (C=O) groups excluding carboxylic acids is 2. The summed E-state index contributed by atoms with van der Waals surface area (Å²) in [6.45, 7) is 6.94. The molecule has 2 fully saturated rings. The van der Waals surface area contributed by atoms with Crippen LogP contribution in [0.25, 0.3) is 0 Å². The minimum atomic E-state index is -3.72. The van der Waals surface area contributed by atoms with E-state index in [-0.39, 0.29) is 24.1 Å². The van der Waals surface area contributed by atoms with Crippen molar-refractivity contribution >= 4 is 27.5 Å². The number of sulfonamides is 1. The van der Waals surface area contributed by atoms with Crippen molar-refractivity contribution < 1.29 is 27.5 Å². The lowest BCUT2D eigenvalue weighted by atomic mass is 9.95. The van der Waals surface area contributed by atoms with Gasteiger partial charge in [-0.25, -0.2) is 12.7 Å². The number of piperazine rings is 1. The zero-order chi connectivity index (χ0) is 24.1. The van der Waals surface area contributed by atoms with Gasteiger partial charge in [0.15, 0.2) is 11.5 Å². The van der Waals surface area contributed by atoms with Gasteiger partial charge >= 0.3 is 0 Å². The van der Waals surface area contributed by atoms with Crippen LogP contribution < -0.4 is 13.8 Å². The molecule has 9 nitrogen and oxygen atoms in total. The van der Waals surface area contributed by atoms with Gasteiger partial charge in [0.05, 0.1) is 16.9 Å². The summed E-state index contributed by atoms with van der Waals surface area (Å²) in [5.74, 6) is 0.744. The van der Waals surface area contributed by atoms with Crippen LogP contribution in [0, 0.1) is 5.41 Å². The molecule has 2 amide bonds. The van der Waals surface area contributed by atoms with Gasteiger partial charge in [-0.05, 0) is 55.8 Å². The molecule has 0 bridgehead atoms. The number of anilines is 1.